The summed E-state index contributed by atoms with van der Waals surface area (Å²) in [6, 6.07) is 8.66. The summed E-state index contributed by atoms with van der Waals surface area (Å²) < 4.78 is 11.3. The van der Waals surface area contributed by atoms with Crippen LogP contribution in [0.15, 0.2) is 24.3 Å². The van der Waals surface area contributed by atoms with Crippen molar-refractivity contribution in [3.8, 4) is 6.01 Å². The number of nitrogens with one attached hydrogen (secondary N) is 1. The van der Waals surface area contributed by atoms with Crippen molar-refractivity contribution in [2.24, 2.45) is 0 Å². The number of fused-ring (bicyclic) bond motifs is 1. The second-order valence-corrected chi connectivity index (χ2v) is 7.87. The third kappa shape index (κ3) is 4.90. The highest BCUT2D eigenvalue weighted by atomic mass is 16.6. The molecule has 142 valence electrons. The number of imidazole rings is 1. The van der Waals surface area contributed by atoms with Crippen LogP contribution in [0.5, 0.6) is 6.01 Å². The van der Waals surface area contributed by atoms with Gasteiger partial charge in [-0.3, -0.25) is 0 Å². The van der Waals surface area contributed by atoms with Crippen LogP contribution in [-0.2, 0) is 4.74 Å². The molecule has 3 rings (SSSR count). The van der Waals surface area contributed by atoms with Gasteiger partial charge in [0.05, 0.1) is 17.6 Å². The van der Waals surface area contributed by atoms with Crippen molar-refractivity contribution in [1.82, 2.24) is 14.9 Å². The van der Waals surface area contributed by atoms with E-state index in [0.717, 1.165) is 49.7 Å². The zero-order valence-corrected chi connectivity index (χ0v) is 16.0. The van der Waals surface area contributed by atoms with Crippen molar-refractivity contribution in [3.05, 3.63) is 24.3 Å². The third-order valence-corrected chi connectivity index (χ3v) is 4.54. The number of carbonyl (C=O) groups excluding carboxylic acids is 1. The molecule has 1 aromatic heterocycles. The average Bonchev–Trinajstić information content (AvgIpc) is 3.00. The Hall–Kier alpha value is -2.24. The average molecular weight is 359 g/mol. The molecule has 0 radical (unpaired) electrons. The number of ether oxygens (including phenoxy) is 2. The number of aromatic nitrogens is 2. The molecule has 1 saturated heterocycles. The van der Waals surface area contributed by atoms with Crippen molar-refractivity contribution in [2.45, 2.75) is 64.5 Å². The number of amides is 1. The van der Waals surface area contributed by atoms with E-state index in [1.807, 2.05) is 49.9 Å². The first kappa shape index (κ1) is 18.5. The monoisotopic (exact) mass is 359 g/mol. The van der Waals surface area contributed by atoms with E-state index in [1.165, 1.54) is 0 Å². The Balaban J connectivity index is 1.48. The smallest absolute Gasteiger partial charge is 0.410 e. The first-order valence-corrected chi connectivity index (χ1v) is 9.49. The van der Waals surface area contributed by atoms with E-state index < -0.39 is 5.60 Å². The molecule has 1 aliphatic rings. The summed E-state index contributed by atoms with van der Waals surface area (Å²) in [4.78, 5) is 21.9. The number of nitrogens with zero attached hydrogens (tertiary/aromatic N) is 2. The topological polar surface area (TPSA) is 67.4 Å². The van der Waals surface area contributed by atoms with Crippen LogP contribution in [0.4, 0.5) is 4.79 Å². The fraction of sp³-hybridized carbons (Fsp3) is 0.600. The highest BCUT2D eigenvalue weighted by Gasteiger charge is 2.30. The standard InChI is InChI=1S/C20H29N3O3/c1-20(2,3)26-19(24)23-13-7-6-9-15(23)10-8-14-25-18-21-16-11-4-5-12-17(16)22-18/h4-5,11-12,15H,6-10,13-14H2,1-3H3,(H,21,22). The molecule has 1 aromatic carbocycles. The van der Waals surface area contributed by atoms with Gasteiger partial charge in [-0.15, -0.1) is 0 Å². The second kappa shape index (κ2) is 7.98. The van der Waals surface area contributed by atoms with E-state index in [1.54, 1.807) is 0 Å². The van der Waals surface area contributed by atoms with Gasteiger partial charge in [0, 0.05) is 12.6 Å². The number of benzene rings is 1. The minimum Gasteiger partial charge on any atom is -0.465 e. The predicted molar refractivity (Wildman–Crippen MR) is 101 cm³/mol. The van der Waals surface area contributed by atoms with Crippen LogP contribution in [-0.4, -0.2) is 45.8 Å². The van der Waals surface area contributed by atoms with Gasteiger partial charge in [-0.1, -0.05) is 12.1 Å². The molecule has 26 heavy (non-hydrogen) atoms. The zero-order chi connectivity index (χ0) is 18.6. The summed E-state index contributed by atoms with van der Waals surface area (Å²) in [6.45, 7) is 7.09. The first-order chi connectivity index (χ1) is 12.4. The van der Waals surface area contributed by atoms with E-state index in [4.69, 9.17) is 9.47 Å². The molecule has 2 heterocycles. The quantitative estimate of drug-likeness (QED) is 0.798. The molecule has 1 aliphatic heterocycles. The number of aromatic amines is 1. The van der Waals surface area contributed by atoms with Crippen LogP contribution in [0.3, 0.4) is 0 Å². The Kier molecular flexibility index (Phi) is 5.69. The van der Waals surface area contributed by atoms with Crippen LogP contribution in [0.25, 0.3) is 11.0 Å². The molecular formula is C20H29N3O3. The number of likely N-dealkylation sites (tertiary alicyclic amines) is 1. The maximum atomic E-state index is 12.4. The van der Waals surface area contributed by atoms with Gasteiger partial charge in [-0.25, -0.2) is 4.79 Å². The molecular weight excluding hydrogens is 330 g/mol. The molecule has 1 atom stereocenters. The summed E-state index contributed by atoms with van der Waals surface area (Å²) in [5.74, 6) is 0. The van der Waals surface area contributed by atoms with Crippen LogP contribution < -0.4 is 4.74 Å². The van der Waals surface area contributed by atoms with Gasteiger partial charge in [0.25, 0.3) is 6.01 Å². The van der Waals surface area contributed by atoms with Crippen LogP contribution in [0.1, 0.15) is 52.9 Å². The zero-order valence-electron chi connectivity index (χ0n) is 16.0. The number of H-pyrrole nitrogens is 1. The lowest BCUT2D eigenvalue weighted by Crippen LogP contribution is -2.46. The summed E-state index contributed by atoms with van der Waals surface area (Å²) in [7, 11) is 0. The molecule has 0 saturated carbocycles. The Morgan fingerprint density at radius 2 is 2.12 bits per heavy atom. The van der Waals surface area contributed by atoms with Crippen LogP contribution >= 0.6 is 0 Å². The molecule has 1 fully saturated rings. The fourth-order valence-electron chi connectivity index (χ4n) is 3.35. The normalized spacial score (nSPS) is 18.1. The van der Waals surface area contributed by atoms with Gasteiger partial charge in [0.2, 0.25) is 0 Å². The molecule has 1 N–H and O–H groups in total. The number of hydrogen-bond donors (Lipinski definition) is 1. The molecule has 1 unspecified atom stereocenters. The van der Waals surface area contributed by atoms with Gasteiger partial charge in [0.1, 0.15) is 5.60 Å². The fourth-order valence-corrected chi connectivity index (χ4v) is 3.35. The van der Waals surface area contributed by atoms with Crippen molar-refractivity contribution >= 4 is 17.1 Å². The van der Waals surface area contributed by atoms with Crippen LogP contribution in [0, 0.1) is 0 Å². The lowest BCUT2D eigenvalue weighted by Gasteiger charge is -2.36. The molecule has 6 heteroatoms. The highest BCUT2D eigenvalue weighted by Crippen LogP contribution is 2.23. The van der Waals surface area contributed by atoms with E-state index in [9.17, 15) is 4.79 Å². The van der Waals surface area contributed by atoms with Gasteiger partial charge < -0.3 is 19.4 Å². The second-order valence-electron chi connectivity index (χ2n) is 7.87. The van der Waals surface area contributed by atoms with Gasteiger partial charge in [0.15, 0.2) is 0 Å². The first-order valence-electron chi connectivity index (χ1n) is 9.49. The molecule has 2 aromatic rings. The number of carbonyl (C=O) groups is 1. The molecule has 1 amide bonds. The Labute approximate surface area is 154 Å². The molecule has 0 aliphatic carbocycles. The number of hydrogen-bond acceptors (Lipinski definition) is 4. The summed E-state index contributed by atoms with van der Waals surface area (Å²) in [5.41, 5.74) is 1.43. The lowest BCUT2D eigenvalue weighted by molar-refractivity contribution is 0.00820. The molecule has 6 nitrogen and oxygen atoms in total. The van der Waals surface area contributed by atoms with Crippen molar-refractivity contribution < 1.29 is 14.3 Å². The minimum atomic E-state index is -0.455. The summed E-state index contributed by atoms with van der Waals surface area (Å²) >= 11 is 0. The van der Waals surface area contributed by atoms with E-state index in [-0.39, 0.29) is 12.1 Å². The largest absolute Gasteiger partial charge is 0.465 e. The van der Waals surface area contributed by atoms with Gasteiger partial charge in [-0.2, -0.15) is 4.98 Å². The molecule has 0 bridgehead atoms. The third-order valence-electron chi connectivity index (χ3n) is 4.54. The highest BCUT2D eigenvalue weighted by molar-refractivity contribution is 5.75. The van der Waals surface area contributed by atoms with Gasteiger partial charge in [-0.05, 0) is 65.0 Å². The number of piperidine rings is 1. The SMILES string of the molecule is CC(C)(C)OC(=O)N1CCCCC1CCCOc1nc2ccccc2[nH]1. The maximum Gasteiger partial charge on any atom is 0.410 e. The van der Waals surface area contributed by atoms with Crippen molar-refractivity contribution in [1.29, 1.82) is 0 Å². The number of rotatable bonds is 5. The van der Waals surface area contributed by atoms with Crippen molar-refractivity contribution in [3.63, 3.8) is 0 Å². The van der Waals surface area contributed by atoms with E-state index >= 15 is 0 Å². The van der Waals surface area contributed by atoms with Gasteiger partial charge >= 0.3 is 6.09 Å². The maximum absolute atomic E-state index is 12.4. The van der Waals surface area contributed by atoms with E-state index in [0.29, 0.717) is 12.6 Å². The summed E-state index contributed by atoms with van der Waals surface area (Å²) in [5, 5.41) is 0. The Morgan fingerprint density at radius 3 is 2.88 bits per heavy atom. The Morgan fingerprint density at radius 1 is 1.31 bits per heavy atom. The van der Waals surface area contributed by atoms with Crippen LogP contribution in [0.2, 0.25) is 0 Å². The Bertz CT molecular complexity index is 702. The van der Waals surface area contributed by atoms with E-state index in [2.05, 4.69) is 9.97 Å². The number of para-hydroxylation sites is 2. The van der Waals surface area contributed by atoms with Crippen molar-refractivity contribution in [2.75, 3.05) is 13.2 Å². The predicted octanol–water partition coefficient (Wildman–Crippen LogP) is 4.51. The molecule has 0 spiro atoms. The minimum absolute atomic E-state index is 0.194. The lowest BCUT2D eigenvalue weighted by atomic mass is 9.98. The summed E-state index contributed by atoms with van der Waals surface area (Å²) in [6.07, 6.45) is 4.84.